The summed E-state index contributed by atoms with van der Waals surface area (Å²) in [6.45, 7) is 0. The SMILES string of the molecule is N#Cc1[c]c2ccccc2o1. The second-order valence-corrected chi connectivity index (χ2v) is 2.16. The first-order chi connectivity index (χ1) is 5.40. The van der Waals surface area contributed by atoms with Gasteiger partial charge in [-0.15, -0.1) is 0 Å². The van der Waals surface area contributed by atoms with Crippen LogP contribution in [0.25, 0.3) is 11.0 Å². The standard InChI is InChI=1S/C9H4NO/c10-6-8-5-7-3-1-2-4-9(7)11-8/h1-4H. The second-order valence-electron chi connectivity index (χ2n) is 2.16. The first kappa shape index (κ1) is 5.99. The van der Waals surface area contributed by atoms with Gasteiger partial charge in [0.05, 0.1) is 6.07 Å². The Morgan fingerprint density at radius 1 is 1.36 bits per heavy atom. The maximum absolute atomic E-state index is 8.46. The van der Waals surface area contributed by atoms with Crippen molar-refractivity contribution in [2.45, 2.75) is 0 Å². The van der Waals surface area contributed by atoms with Gasteiger partial charge in [0.15, 0.2) is 0 Å². The summed E-state index contributed by atoms with van der Waals surface area (Å²) in [4.78, 5) is 0. The molecule has 2 heteroatoms. The van der Waals surface area contributed by atoms with Gasteiger partial charge in [-0.25, -0.2) is 0 Å². The van der Waals surface area contributed by atoms with E-state index in [1.165, 1.54) is 0 Å². The minimum Gasteiger partial charge on any atom is -0.445 e. The summed E-state index contributed by atoms with van der Waals surface area (Å²) in [7, 11) is 0. The highest BCUT2D eigenvalue weighted by atomic mass is 16.3. The number of furan rings is 1. The summed E-state index contributed by atoms with van der Waals surface area (Å²) >= 11 is 0. The molecule has 0 saturated heterocycles. The van der Waals surface area contributed by atoms with E-state index in [9.17, 15) is 0 Å². The molecule has 1 heterocycles. The molecule has 0 saturated carbocycles. The number of nitrogens with zero attached hydrogens (tertiary/aromatic N) is 1. The molecule has 51 valence electrons. The van der Waals surface area contributed by atoms with Gasteiger partial charge in [0, 0.05) is 5.39 Å². The summed E-state index contributed by atoms with van der Waals surface area (Å²) in [5, 5.41) is 9.31. The molecule has 0 unspecified atom stereocenters. The summed E-state index contributed by atoms with van der Waals surface area (Å²) in [5.74, 6) is 0.242. The minimum absolute atomic E-state index is 0.242. The molecular formula is C9H4NO. The van der Waals surface area contributed by atoms with E-state index < -0.39 is 0 Å². The fourth-order valence-electron chi connectivity index (χ4n) is 0.967. The molecule has 0 bridgehead atoms. The van der Waals surface area contributed by atoms with E-state index in [2.05, 4.69) is 6.07 Å². The maximum atomic E-state index is 8.46. The second kappa shape index (κ2) is 2.14. The number of fused-ring (bicyclic) bond motifs is 1. The fourth-order valence-corrected chi connectivity index (χ4v) is 0.967. The predicted octanol–water partition coefficient (Wildman–Crippen LogP) is 2.10. The monoisotopic (exact) mass is 142 g/mol. The molecule has 0 fully saturated rings. The highest BCUT2D eigenvalue weighted by Crippen LogP contribution is 2.16. The Morgan fingerprint density at radius 3 is 2.91 bits per heavy atom. The van der Waals surface area contributed by atoms with Crippen LogP contribution in [0.2, 0.25) is 0 Å². The molecule has 0 aliphatic heterocycles. The third kappa shape index (κ3) is 0.870. The van der Waals surface area contributed by atoms with Gasteiger partial charge in [-0.1, -0.05) is 18.2 Å². The summed E-state index contributed by atoms with van der Waals surface area (Å²) in [5.41, 5.74) is 0.712. The molecule has 0 aliphatic carbocycles. The Kier molecular flexibility index (Phi) is 1.16. The average Bonchev–Trinajstić information content (AvgIpc) is 2.46. The van der Waals surface area contributed by atoms with E-state index >= 15 is 0 Å². The zero-order valence-electron chi connectivity index (χ0n) is 5.66. The van der Waals surface area contributed by atoms with Crippen molar-refractivity contribution in [2.24, 2.45) is 0 Å². The van der Waals surface area contributed by atoms with E-state index in [-0.39, 0.29) is 5.76 Å². The van der Waals surface area contributed by atoms with Crippen molar-refractivity contribution in [3.63, 3.8) is 0 Å². The van der Waals surface area contributed by atoms with E-state index in [1.54, 1.807) is 0 Å². The van der Waals surface area contributed by atoms with Gasteiger partial charge in [-0.2, -0.15) is 5.26 Å². The minimum atomic E-state index is 0.242. The van der Waals surface area contributed by atoms with E-state index in [1.807, 2.05) is 30.3 Å². The molecule has 2 aromatic rings. The summed E-state index contributed by atoms with van der Waals surface area (Å²) in [6.07, 6.45) is 0. The van der Waals surface area contributed by atoms with Crippen LogP contribution in [-0.4, -0.2) is 0 Å². The number of nitriles is 1. The Balaban J connectivity index is 2.81. The van der Waals surface area contributed by atoms with Crippen molar-refractivity contribution in [2.75, 3.05) is 0 Å². The smallest absolute Gasteiger partial charge is 0.212 e. The lowest BCUT2D eigenvalue weighted by atomic mass is 10.2. The van der Waals surface area contributed by atoms with E-state index in [4.69, 9.17) is 9.68 Å². The van der Waals surface area contributed by atoms with Gasteiger partial charge in [-0.05, 0) is 6.07 Å². The molecule has 0 aliphatic rings. The molecule has 1 aromatic carbocycles. The van der Waals surface area contributed by atoms with Crippen molar-refractivity contribution in [3.05, 3.63) is 36.1 Å². The van der Waals surface area contributed by atoms with Crippen molar-refractivity contribution < 1.29 is 4.42 Å². The molecule has 0 N–H and O–H groups in total. The van der Waals surface area contributed by atoms with Crippen LogP contribution in [-0.2, 0) is 0 Å². The van der Waals surface area contributed by atoms with Crippen LogP contribution in [0.5, 0.6) is 0 Å². The number of rotatable bonds is 0. The van der Waals surface area contributed by atoms with Crippen molar-refractivity contribution in [3.8, 4) is 6.07 Å². The lowest BCUT2D eigenvalue weighted by molar-refractivity contribution is 0.598. The zero-order chi connectivity index (χ0) is 7.68. The van der Waals surface area contributed by atoms with Crippen LogP contribution < -0.4 is 0 Å². The first-order valence-electron chi connectivity index (χ1n) is 3.21. The lowest BCUT2D eigenvalue weighted by Crippen LogP contribution is -1.58. The molecule has 11 heavy (non-hydrogen) atoms. The van der Waals surface area contributed by atoms with Gasteiger partial charge in [0.2, 0.25) is 5.76 Å². The molecule has 2 rings (SSSR count). The number of hydrogen-bond donors (Lipinski definition) is 0. The fraction of sp³-hybridized carbons (Fsp3) is 0. The molecular weight excluding hydrogens is 138 g/mol. The van der Waals surface area contributed by atoms with Crippen molar-refractivity contribution in [1.82, 2.24) is 0 Å². The number of hydrogen-bond acceptors (Lipinski definition) is 2. The Labute approximate surface area is 63.7 Å². The topological polar surface area (TPSA) is 36.9 Å². The third-order valence-corrected chi connectivity index (χ3v) is 1.45. The van der Waals surface area contributed by atoms with E-state index in [0.29, 0.717) is 5.58 Å². The largest absolute Gasteiger partial charge is 0.445 e. The first-order valence-corrected chi connectivity index (χ1v) is 3.21. The third-order valence-electron chi connectivity index (χ3n) is 1.45. The zero-order valence-corrected chi connectivity index (χ0v) is 5.66. The molecule has 0 amide bonds. The normalized spacial score (nSPS) is 9.73. The summed E-state index contributed by atoms with van der Waals surface area (Å²) in [6, 6.07) is 12.1. The molecule has 0 spiro atoms. The van der Waals surface area contributed by atoms with Crippen LogP contribution >= 0.6 is 0 Å². The lowest BCUT2D eigenvalue weighted by Gasteiger charge is -1.81. The van der Waals surface area contributed by atoms with Crippen molar-refractivity contribution in [1.29, 1.82) is 5.26 Å². The van der Waals surface area contributed by atoms with E-state index in [0.717, 1.165) is 5.39 Å². The molecule has 2 nitrogen and oxygen atoms in total. The van der Waals surface area contributed by atoms with Gasteiger partial charge in [-0.3, -0.25) is 0 Å². The van der Waals surface area contributed by atoms with Crippen LogP contribution in [0.15, 0.2) is 28.7 Å². The quantitative estimate of drug-likeness (QED) is 0.564. The Morgan fingerprint density at radius 2 is 2.18 bits per heavy atom. The van der Waals surface area contributed by atoms with Gasteiger partial charge in [0.1, 0.15) is 11.7 Å². The van der Waals surface area contributed by atoms with Crippen LogP contribution in [0, 0.1) is 17.4 Å². The Bertz CT molecular complexity index is 389. The highest BCUT2D eigenvalue weighted by molar-refractivity contribution is 5.77. The maximum Gasteiger partial charge on any atom is 0.212 e. The van der Waals surface area contributed by atoms with Crippen LogP contribution in [0.4, 0.5) is 0 Å². The molecule has 1 radical (unpaired) electrons. The molecule has 0 atom stereocenters. The number of benzene rings is 1. The van der Waals surface area contributed by atoms with Crippen LogP contribution in [0.3, 0.4) is 0 Å². The number of para-hydroxylation sites is 1. The average molecular weight is 142 g/mol. The predicted molar refractivity (Wildman–Crippen MR) is 39.8 cm³/mol. The molecule has 1 aromatic heterocycles. The van der Waals surface area contributed by atoms with Crippen LogP contribution in [0.1, 0.15) is 5.76 Å². The van der Waals surface area contributed by atoms with Gasteiger partial charge in [0.25, 0.3) is 0 Å². The van der Waals surface area contributed by atoms with Gasteiger partial charge >= 0.3 is 0 Å². The Hall–Kier alpha value is -1.75. The van der Waals surface area contributed by atoms with Crippen molar-refractivity contribution >= 4 is 11.0 Å². The highest BCUT2D eigenvalue weighted by Gasteiger charge is 2.00. The van der Waals surface area contributed by atoms with Gasteiger partial charge < -0.3 is 4.42 Å². The summed E-state index contributed by atoms with van der Waals surface area (Å²) < 4.78 is 5.10.